The van der Waals surface area contributed by atoms with Crippen molar-refractivity contribution in [1.29, 1.82) is 5.26 Å². The third-order valence-electron chi connectivity index (χ3n) is 5.05. The summed E-state index contributed by atoms with van der Waals surface area (Å²) in [6, 6.07) is 6.53. The maximum Gasteiger partial charge on any atom is 0.284 e. The number of aromatic amines is 1. The summed E-state index contributed by atoms with van der Waals surface area (Å²) in [7, 11) is 0. The molecule has 1 N–H and O–H groups in total. The molecular formula is C19H24N6O. The molecule has 0 amide bonds. The van der Waals surface area contributed by atoms with Crippen molar-refractivity contribution in [3.05, 3.63) is 51.7 Å². The fourth-order valence-electron chi connectivity index (χ4n) is 3.74. The van der Waals surface area contributed by atoms with E-state index in [-0.39, 0.29) is 5.56 Å². The Morgan fingerprint density at radius 3 is 2.73 bits per heavy atom. The zero-order chi connectivity index (χ0) is 18.5. The zero-order valence-electron chi connectivity index (χ0n) is 15.3. The third-order valence-corrected chi connectivity index (χ3v) is 5.05. The van der Waals surface area contributed by atoms with Crippen molar-refractivity contribution in [3.8, 4) is 6.07 Å². The van der Waals surface area contributed by atoms with Gasteiger partial charge >= 0.3 is 0 Å². The summed E-state index contributed by atoms with van der Waals surface area (Å²) in [6.07, 6.45) is 5.38. The van der Waals surface area contributed by atoms with Crippen molar-refractivity contribution in [2.75, 3.05) is 31.1 Å². The van der Waals surface area contributed by atoms with Crippen LogP contribution in [0.3, 0.4) is 0 Å². The molecule has 0 unspecified atom stereocenters. The highest BCUT2D eigenvalue weighted by molar-refractivity contribution is 5.56. The molecule has 7 nitrogen and oxygen atoms in total. The largest absolute Gasteiger partial charge is 0.366 e. The van der Waals surface area contributed by atoms with Gasteiger partial charge in [0.2, 0.25) is 0 Å². The minimum Gasteiger partial charge on any atom is -0.366 e. The van der Waals surface area contributed by atoms with E-state index in [0.717, 1.165) is 44.7 Å². The highest BCUT2D eigenvalue weighted by atomic mass is 16.1. The molecule has 0 aliphatic carbocycles. The van der Waals surface area contributed by atoms with Crippen LogP contribution in [0.2, 0.25) is 0 Å². The van der Waals surface area contributed by atoms with E-state index in [1.165, 1.54) is 5.56 Å². The number of nitrogens with zero attached hydrogens (tertiary/aromatic N) is 5. The van der Waals surface area contributed by atoms with Crippen molar-refractivity contribution >= 4 is 5.69 Å². The van der Waals surface area contributed by atoms with Crippen LogP contribution in [0.5, 0.6) is 0 Å². The fourth-order valence-corrected chi connectivity index (χ4v) is 3.74. The van der Waals surface area contributed by atoms with Gasteiger partial charge in [0.05, 0.1) is 11.9 Å². The molecule has 0 radical (unpaired) electrons. The number of aryl methyl sites for hydroxylation is 1. The molecule has 1 aliphatic heterocycles. The van der Waals surface area contributed by atoms with Gasteiger partial charge in [0.1, 0.15) is 11.6 Å². The Labute approximate surface area is 153 Å². The van der Waals surface area contributed by atoms with Crippen molar-refractivity contribution in [2.45, 2.75) is 32.7 Å². The standard InChI is InChI=1S/C19H24N6O/c1-3-16-14(6-5-7-21-16)17(4-2)24-8-10-25(11-9-24)18-13-22-23-19(26)15(18)12-20/h5-7,13,17H,3-4,8-11H2,1-2H3,(H,23,26)/t17-/m1/s1. The lowest BCUT2D eigenvalue weighted by Gasteiger charge is -2.40. The summed E-state index contributed by atoms with van der Waals surface area (Å²) in [5, 5.41) is 15.5. The van der Waals surface area contributed by atoms with Gasteiger partial charge < -0.3 is 4.90 Å². The predicted octanol–water partition coefficient (Wildman–Crippen LogP) is 1.87. The molecule has 3 heterocycles. The number of anilines is 1. The summed E-state index contributed by atoms with van der Waals surface area (Å²) < 4.78 is 0. The van der Waals surface area contributed by atoms with E-state index in [9.17, 15) is 10.1 Å². The van der Waals surface area contributed by atoms with Gasteiger partial charge in [-0.3, -0.25) is 14.7 Å². The van der Waals surface area contributed by atoms with E-state index in [2.05, 4.69) is 44.9 Å². The molecule has 2 aromatic rings. The summed E-state index contributed by atoms with van der Waals surface area (Å²) in [6.45, 7) is 7.61. The van der Waals surface area contributed by atoms with E-state index in [0.29, 0.717) is 11.7 Å². The minimum absolute atomic E-state index is 0.140. The van der Waals surface area contributed by atoms with E-state index >= 15 is 0 Å². The summed E-state index contributed by atoms with van der Waals surface area (Å²) in [4.78, 5) is 20.9. The van der Waals surface area contributed by atoms with Crippen LogP contribution in [0.25, 0.3) is 0 Å². The fraction of sp³-hybridized carbons (Fsp3) is 0.474. The number of nitriles is 1. The van der Waals surface area contributed by atoms with E-state index in [4.69, 9.17) is 0 Å². The first-order valence-corrected chi connectivity index (χ1v) is 9.10. The topological polar surface area (TPSA) is 88.9 Å². The lowest BCUT2D eigenvalue weighted by Crippen LogP contribution is -2.48. The Hall–Kier alpha value is -2.72. The third kappa shape index (κ3) is 3.46. The highest BCUT2D eigenvalue weighted by Crippen LogP contribution is 2.28. The van der Waals surface area contributed by atoms with Gasteiger partial charge in [0, 0.05) is 44.1 Å². The molecule has 26 heavy (non-hydrogen) atoms. The molecule has 2 aromatic heterocycles. The summed E-state index contributed by atoms with van der Waals surface area (Å²) in [5.74, 6) is 0. The van der Waals surface area contributed by atoms with Gasteiger partial charge in [-0.2, -0.15) is 10.4 Å². The van der Waals surface area contributed by atoms with Crippen LogP contribution in [0.4, 0.5) is 5.69 Å². The monoisotopic (exact) mass is 352 g/mol. The Balaban J connectivity index is 1.77. The zero-order valence-corrected chi connectivity index (χ0v) is 15.3. The minimum atomic E-state index is -0.429. The van der Waals surface area contributed by atoms with Crippen molar-refractivity contribution in [3.63, 3.8) is 0 Å². The van der Waals surface area contributed by atoms with Crippen LogP contribution < -0.4 is 10.5 Å². The highest BCUT2D eigenvalue weighted by Gasteiger charge is 2.27. The van der Waals surface area contributed by atoms with Crippen LogP contribution in [0.15, 0.2) is 29.3 Å². The predicted molar refractivity (Wildman–Crippen MR) is 100 cm³/mol. The number of pyridine rings is 1. The molecule has 7 heteroatoms. The SMILES string of the molecule is CCc1ncccc1[C@@H](CC)N1CCN(c2cn[nH]c(=O)c2C#N)CC1. The Morgan fingerprint density at radius 1 is 1.31 bits per heavy atom. The maximum absolute atomic E-state index is 11.8. The number of rotatable bonds is 5. The van der Waals surface area contributed by atoms with Crippen LogP contribution in [0.1, 0.15) is 43.1 Å². The quantitative estimate of drug-likeness (QED) is 0.884. The van der Waals surface area contributed by atoms with Crippen molar-refractivity contribution in [2.24, 2.45) is 0 Å². The summed E-state index contributed by atoms with van der Waals surface area (Å²) in [5.41, 5.74) is 2.80. The molecular weight excluding hydrogens is 328 g/mol. The van der Waals surface area contributed by atoms with Crippen molar-refractivity contribution < 1.29 is 0 Å². The molecule has 1 atom stereocenters. The number of nitrogens with one attached hydrogen (secondary N) is 1. The lowest BCUT2D eigenvalue weighted by atomic mass is 9.99. The van der Waals surface area contributed by atoms with E-state index in [1.807, 2.05) is 18.3 Å². The van der Waals surface area contributed by atoms with Gasteiger partial charge in [0.25, 0.3) is 5.56 Å². The Kier molecular flexibility index (Phi) is 5.64. The van der Waals surface area contributed by atoms with Crippen LogP contribution in [-0.2, 0) is 6.42 Å². The smallest absolute Gasteiger partial charge is 0.284 e. The molecule has 0 spiro atoms. The van der Waals surface area contributed by atoms with Crippen molar-refractivity contribution in [1.82, 2.24) is 20.1 Å². The van der Waals surface area contributed by atoms with Crippen LogP contribution in [-0.4, -0.2) is 46.3 Å². The normalized spacial score (nSPS) is 16.3. The molecule has 136 valence electrons. The van der Waals surface area contributed by atoms with Gasteiger partial charge in [-0.1, -0.05) is 19.9 Å². The van der Waals surface area contributed by atoms with Crippen LogP contribution >= 0.6 is 0 Å². The summed E-state index contributed by atoms with van der Waals surface area (Å²) >= 11 is 0. The molecule has 1 aliphatic rings. The van der Waals surface area contributed by atoms with Gasteiger partial charge in [-0.25, -0.2) is 5.10 Å². The molecule has 0 saturated carbocycles. The number of hydrogen-bond donors (Lipinski definition) is 1. The number of H-pyrrole nitrogens is 1. The molecule has 1 saturated heterocycles. The van der Waals surface area contributed by atoms with Gasteiger partial charge in [0.15, 0.2) is 0 Å². The molecule has 0 aromatic carbocycles. The van der Waals surface area contributed by atoms with Gasteiger partial charge in [-0.15, -0.1) is 0 Å². The molecule has 1 fully saturated rings. The average molecular weight is 352 g/mol. The van der Waals surface area contributed by atoms with Gasteiger partial charge in [-0.05, 0) is 24.5 Å². The first-order chi connectivity index (χ1) is 12.7. The lowest BCUT2D eigenvalue weighted by molar-refractivity contribution is 0.180. The number of piperazine rings is 1. The van der Waals surface area contributed by atoms with E-state index in [1.54, 1.807) is 6.20 Å². The van der Waals surface area contributed by atoms with Crippen LogP contribution in [0, 0.1) is 11.3 Å². The molecule has 3 rings (SSSR count). The van der Waals surface area contributed by atoms with E-state index < -0.39 is 5.56 Å². The second-order valence-electron chi connectivity index (χ2n) is 6.41. The first-order valence-electron chi connectivity index (χ1n) is 9.10. The second-order valence-corrected chi connectivity index (χ2v) is 6.41. The average Bonchev–Trinajstić information content (AvgIpc) is 2.69. The Morgan fingerprint density at radius 2 is 2.08 bits per heavy atom. The first kappa shape index (κ1) is 18.1. The maximum atomic E-state index is 11.8. The number of aromatic nitrogens is 3. The second kappa shape index (κ2) is 8.11. The Bertz CT molecular complexity index is 848. The number of hydrogen-bond acceptors (Lipinski definition) is 6. The molecule has 0 bridgehead atoms.